The van der Waals surface area contributed by atoms with E-state index >= 15 is 0 Å². The molecule has 2 aliphatic heterocycles. The monoisotopic (exact) mass is 564 g/mol. The minimum absolute atomic E-state index is 0.0225. The molecule has 40 heavy (non-hydrogen) atoms. The zero-order valence-electron chi connectivity index (χ0n) is 21.5. The van der Waals surface area contributed by atoms with Gasteiger partial charge in [0.25, 0.3) is 5.91 Å². The number of hydrogen-bond acceptors (Lipinski definition) is 3. The normalized spacial score (nSPS) is 18.7. The van der Waals surface area contributed by atoms with Crippen molar-refractivity contribution in [3.8, 4) is 0 Å². The average molecular weight is 565 g/mol. The first-order valence-corrected chi connectivity index (χ1v) is 13.2. The van der Waals surface area contributed by atoms with Crippen molar-refractivity contribution < 1.29 is 35.9 Å². The number of fused-ring (bicyclic) bond motifs is 1. The standard InChI is InChI=1S/C29H28F6N3O2/c30-28(31,32)23-10-20(11-24(13-23)29(33,34)35)17-38(16-19-3-4-21-12-25(39)37-15-22(21)9-19)26(40)27(14-18-1-2-18)5-7-36-8-6-27/h3-4,9-13,15,18,36H,1-2,5-8,14,16-17H2. The lowest BCUT2D eigenvalue weighted by atomic mass is 9.73. The highest BCUT2D eigenvalue weighted by molar-refractivity contribution is 6.06. The first-order valence-electron chi connectivity index (χ1n) is 13.2. The maximum Gasteiger partial charge on any atom is 0.416 e. The summed E-state index contributed by atoms with van der Waals surface area (Å²) in [6.07, 6.45) is -3.47. The van der Waals surface area contributed by atoms with Crippen LogP contribution in [0.5, 0.6) is 0 Å². The van der Waals surface area contributed by atoms with Crippen molar-refractivity contribution in [2.75, 3.05) is 13.1 Å². The van der Waals surface area contributed by atoms with Gasteiger partial charge in [0.1, 0.15) is 0 Å². The van der Waals surface area contributed by atoms with Gasteiger partial charge in [-0.1, -0.05) is 25.0 Å². The summed E-state index contributed by atoms with van der Waals surface area (Å²) in [6.45, 7) is 0.771. The Bertz CT molecular complexity index is 1390. The first-order chi connectivity index (χ1) is 18.8. The van der Waals surface area contributed by atoms with Gasteiger partial charge in [-0.15, -0.1) is 0 Å². The lowest BCUT2D eigenvalue weighted by molar-refractivity contribution is -0.146. The summed E-state index contributed by atoms with van der Waals surface area (Å²) in [5.74, 6) is -0.280. The van der Waals surface area contributed by atoms with Gasteiger partial charge in [-0.05, 0) is 78.9 Å². The summed E-state index contributed by atoms with van der Waals surface area (Å²) < 4.78 is 81.4. The molecule has 1 radical (unpaired) electrons. The summed E-state index contributed by atoms with van der Waals surface area (Å²) >= 11 is 0. The molecule has 1 saturated heterocycles. The van der Waals surface area contributed by atoms with Gasteiger partial charge in [-0.2, -0.15) is 26.3 Å². The fourth-order valence-electron chi connectivity index (χ4n) is 5.64. The van der Waals surface area contributed by atoms with Crippen LogP contribution in [0.25, 0.3) is 12.3 Å². The summed E-state index contributed by atoms with van der Waals surface area (Å²) in [4.78, 5) is 27.3. The fourth-order valence-corrected chi connectivity index (χ4v) is 5.64. The molecule has 0 atom stereocenters. The zero-order valence-corrected chi connectivity index (χ0v) is 21.5. The van der Waals surface area contributed by atoms with Gasteiger partial charge in [0.05, 0.1) is 16.5 Å². The fraction of sp³-hybridized carbons (Fsp3) is 0.448. The smallest absolute Gasteiger partial charge is 0.334 e. The van der Waals surface area contributed by atoms with Gasteiger partial charge in [0.2, 0.25) is 5.91 Å². The van der Waals surface area contributed by atoms with Crippen LogP contribution in [0.15, 0.2) is 36.4 Å². The number of nitrogens with zero attached hydrogens (tertiary/aromatic N) is 2. The van der Waals surface area contributed by atoms with E-state index in [2.05, 4.69) is 10.6 Å². The molecule has 11 heteroatoms. The molecule has 5 rings (SSSR count). The first kappa shape index (κ1) is 28.2. The Morgan fingerprint density at radius 2 is 1.52 bits per heavy atom. The van der Waals surface area contributed by atoms with Crippen molar-refractivity contribution in [3.05, 3.63) is 69.1 Å². The number of carbonyl (C=O) groups is 2. The van der Waals surface area contributed by atoms with Crippen LogP contribution in [0.1, 0.15) is 54.4 Å². The maximum absolute atomic E-state index is 14.3. The number of halogens is 6. The predicted octanol–water partition coefficient (Wildman–Crippen LogP) is 4.09. The Hall–Kier alpha value is -3.34. The number of carbonyl (C=O) groups excluding carboxylic acids is 2. The molecule has 1 N–H and O–H groups in total. The second-order valence-electron chi connectivity index (χ2n) is 11.0. The summed E-state index contributed by atoms with van der Waals surface area (Å²) in [5.41, 5.74) is -3.19. The molecule has 213 valence electrons. The van der Waals surface area contributed by atoms with Crippen LogP contribution in [0.3, 0.4) is 0 Å². The van der Waals surface area contributed by atoms with Gasteiger partial charge in [-0.3, -0.25) is 9.59 Å². The van der Waals surface area contributed by atoms with Crippen LogP contribution < -0.4 is 21.1 Å². The molecule has 2 amide bonds. The minimum atomic E-state index is -4.99. The molecule has 0 spiro atoms. The second-order valence-corrected chi connectivity index (χ2v) is 11.0. The van der Waals surface area contributed by atoms with Gasteiger partial charge < -0.3 is 10.2 Å². The molecular formula is C29H28F6N3O2. The molecule has 2 aromatic rings. The van der Waals surface area contributed by atoms with E-state index in [1.54, 1.807) is 18.2 Å². The topological polar surface area (TPSA) is 63.5 Å². The zero-order chi connectivity index (χ0) is 28.7. The minimum Gasteiger partial charge on any atom is -0.334 e. The van der Waals surface area contributed by atoms with Crippen molar-refractivity contribution >= 4 is 24.1 Å². The number of benzene rings is 2. The highest BCUT2D eigenvalue weighted by Gasteiger charge is 2.46. The molecule has 1 saturated carbocycles. The van der Waals surface area contributed by atoms with E-state index in [0.717, 1.165) is 12.8 Å². The van der Waals surface area contributed by atoms with E-state index in [4.69, 9.17) is 0 Å². The molecule has 2 fully saturated rings. The highest BCUT2D eigenvalue weighted by Crippen LogP contribution is 2.46. The predicted molar refractivity (Wildman–Crippen MR) is 134 cm³/mol. The Balaban J connectivity index is 1.54. The average Bonchev–Trinajstić information content (AvgIpc) is 3.71. The summed E-state index contributed by atoms with van der Waals surface area (Å²) in [7, 11) is 0. The van der Waals surface area contributed by atoms with Crippen LogP contribution in [-0.4, -0.2) is 29.8 Å². The highest BCUT2D eigenvalue weighted by atomic mass is 19.4. The molecule has 0 unspecified atom stereocenters. The molecule has 0 bridgehead atoms. The van der Waals surface area contributed by atoms with Crippen LogP contribution in [0.4, 0.5) is 26.3 Å². The molecular weight excluding hydrogens is 536 g/mol. The molecule has 1 aliphatic carbocycles. The molecule has 2 aromatic carbocycles. The third-order valence-electron chi connectivity index (χ3n) is 7.83. The number of nitrogens with one attached hydrogen (secondary N) is 1. The lowest BCUT2D eigenvalue weighted by Crippen LogP contribution is -2.49. The number of amides is 2. The van der Waals surface area contributed by atoms with Crippen LogP contribution >= 0.6 is 0 Å². The Labute approximate surface area is 226 Å². The van der Waals surface area contributed by atoms with Crippen molar-refractivity contribution in [2.45, 2.75) is 57.5 Å². The van der Waals surface area contributed by atoms with E-state index in [9.17, 15) is 35.9 Å². The maximum atomic E-state index is 14.3. The van der Waals surface area contributed by atoms with Crippen molar-refractivity contribution in [3.63, 3.8) is 0 Å². The lowest BCUT2D eigenvalue weighted by Gasteiger charge is -2.40. The SMILES string of the molecule is O=C1C=c2ccc(CN(Cc3cc(C(F)(F)F)cc(C(F)(F)F)c3)C(=O)C3(CC4CC4)CCNCC3)cc2=C[N]1. The van der Waals surface area contributed by atoms with E-state index in [1.807, 2.05) is 0 Å². The van der Waals surface area contributed by atoms with Crippen molar-refractivity contribution in [1.82, 2.24) is 15.5 Å². The van der Waals surface area contributed by atoms with E-state index in [0.29, 0.717) is 66.4 Å². The van der Waals surface area contributed by atoms with E-state index in [1.165, 1.54) is 17.2 Å². The Morgan fingerprint density at radius 3 is 2.12 bits per heavy atom. The molecule has 2 heterocycles. The van der Waals surface area contributed by atoms with Crippen molar-refractivity contribution in [2.24, 2.45) is 11.3 Å². The van der Waals surface area contributed by atoms with E-state index in [-0.39, 0.29) is 24.1 Å². The van der Waals surface area contributed by atoms with E-state index < -0.39 is 41.3 Å². The second kappa shape index (κ2) is 10.6. The summed E-state index contributed by atoms with van der Waals surface area (Å²) in [5, 5.41) is 8.28. The number of piperidine rings is 1. The van der Waals surface area contributed by atoms with Gasteiger partial charge >= 0.3 is 12.4 Å². The van der Waals surface area contributed by atoms with Gasteiger partial charge in [-0.25, -0.2) is 5.32 Å². The van der Waals surface area contributed by atoms with Gasteiger partial charge in [0, 0.05) is 30.6 Å². The molecule has 5 nitrogen and oxygen atoms in total. The number of alkyl halides is 6. The van der Waals surface area contributed by atoms with Crippen LogP contribution in [-0.2, 0) is 35.0 Å². The Morgan fingerprint density at radius 1 is 0.900 bits per heavy atom. The number of hydrogen-bond donors (Lipinski definition) is 1. The van der Waals surface area contributed by atoms with Crippen LogP contribution in [0, 0.1) is 11.3 Å². The van der Waals surface area contributed by atoms with Gasteiger partial charge in [0.15, 0.2) is 0 Å². The third kappa shape index (κ3) is 6.35. The quantitative estimate of drug-likeness (QED) is 0.516. The molecule has 3 aliphatic rings. The third-order valence-corrected chi connectivity index (χ3v) is 7.83. The van der Waals surface area contributed by atoms with Crippen LogP contribution in [0.2, 0.25) is 0 Å². The Kier molecular flexibility index (Phi) is 7.45. The number of rotatable bonds is 7. The largest absolute Gasteiger partial charge is 0.416 e. The molecule has 0 aromatic heterocycles. The summed E-state index contributed by atoms with van der Waals surface area (Å²) in [6, 6.07) is 6.58. The van der Waals surface area contributed by atoms with Crippen molar-refractivity contribution in [1.29, 1.82) is 0 Å².